The minimum atomic E-state index is -1.55. The third-order valence-corrected chi connectivity index (χ3v) is 0.355. The molecular formula is C4H2AgO4. The van der Waals surface area contributed by atoms with Gasteiger partial charge in [-0.15, -0.1) is 0 Å². The van der Waals surface area contributed by atoms with Crippen LogP contribution >= 0.6 is 0 Å². The fourth-order valence-corrected chi connectivity index (χ4v) is 0.136. The minimum Gasteiger partial charge on any atom is -0.545 e. The van der Waals surface area contributed by atoms with Gasteiger partial charge in [-0.05, 0) is 12.2 Å². The molecule has 0 saturated heterocycles. The average Bonchev–Trinajstić information content (AvgIpc) is 1.61. The van der Waals surface area contributed by atoms with Gasteiger partial charge in [-0.1, -0.05) is 0 Å². The van der Waals surface area contributed by atoms with E-state index in [1.165, 1.54) is 0 Å². The zero-order chi connectivity index (χ0) is 6.57. The van der Waals surface area contributed by atoms with Crippen LogP contribution in [0.2, 0.25) is 0 Å². The molecule has 0 aliphatic rings. The molecule has 0 atom stereocenters. The van der Waals surface area contributed by atoms with Crippen molar-refractivity contribution in [3.8, 4) is 0 Å². The van der Waals surface area contributed by atoms with Crippen molar-refractivity contribution in [3.05, 3.63) is 12.2 Å². The number of hydrogen-bond donors (Lipinski definition) is 0. The first-order valence-corrected chi connectivity index (χ1v) is 1.73. The molecule has 0 heterocycles. The molecule has 0 fully saturated rings. The van der Waals surface area contributed by atoms with Crippen LogP contribution in [-0.2, 0) is 32.0 Å². The molecule has 53 valence electrons. The molecule has 0 N–H and O–H groups in total. The summed E-state index contributed by atoms with van der Waals surface area (Å²) in [5.41, 5.74) is 0. The Morgan fingerprint density at radius 2 is 1.22 bits per heavy atom. The van der Waals surface area contributed by atoms with Crippen LogP contribution < -0.4 is 10.2 Å². The number of carboxylic acid groups (broad SMARTS) is 2. The Morgan fingerprint density at radius 3 is 1.33 bits per heavy atom. The van der Waals surface area contributed by atoms with Crippen LogP contribution in [0.5, 0.6) is 0 Å². The van der Waals surface area contributed by atoms with E-state index in [9.17, 15) is 19.8 Å². The smallest absolute Gasteiger partial charge is 0.545 e. The first-order chi connectivity index (χ1) is 3.63. The van der Waals surface area contributed by atoms with Crippen molar-refractivity contribution in [1.82, 2.24) is 0 Å². The van der Waals surface area contributed by atoms with E-state index in [4.69, 9.17) is 0 Å². The molecule has 0 rings (SSSR count). The zero-order valence-corrected chi connectivity index (χ0v) is 5.57. The number of aliphatic carboxylic acids is 2. The molecule has 0 saturated carbocycles. The van der Waals surface area contributed by atoms with Crippen LogP contribution in [-0.4, -0.2) is 11.9 Å². The zero-order valence-electron chi connectivity index (χ0n) is 4.09. The second kappa shape index (κ2) is 5.56. The van der Waals surface area contributed by atoms with Gasteiger partial charge in [0.1, 0.15) is 0 Å². The molecule has 0 bridgehead atoms. The first-order valence-electron chi connectivity index (χ1n) is 1.73. The van der Waals surface area contributed by atoms with E-state index < -0.39 is 11.9 Å². The molecule has 0 aromatic carbocycles. The van der Waals surface area contributed by atoms with Crippen molar-refractivity contribution in [2.45, 2.75) is 0 Å². The maximum Gasteiger partial charge on any atom is 2.00 e. The maximum atomic E-state index is 9.41. The molecule has 0 aromatic heterocycles. The van der Waals surface area contributed by atoms with Gasteiger partial charge in [0.25, 0.3) is 0 Å². The third-order valence-electron chi connectivity index (χ3n) is 0.355. The molecule has 5 heteroatoms. The predicted octanol–water partition coefficient (Wildman–Crippen LogP) is -2.96. The summed E-state index contributed by atoms with van der Waals surface area (Å²) in [6.07, 6.45) is 0.769. The average molecular weight is 222 g/mol. The van der Waals surface area contributed by atoms with E-state index in [1.54, 1.807) is 0 Å². The van der Waals surface area contributed by atoms with Crippen molar-refractivity contribution in [1.29, 1.82) is 0 Å². The third kappa shape index (κ3) is 11.2. The molecule has 0 aromatic rings. The van der Waals surface area contributed by atoms with Crippen LogP contribution in [0.3, 0.4) is 0 Å². The van der Waals surface area contributed by atoms with E-state index in [2.05, 4.69) is 0 Å². The van der Waals surface area contributed by atoms with Crippen LogP contribution in [0.15, 0.2) is 12.2 Å². The Balaban J connectivity index is 0. The van der Waals surface area contributed by atoms with E-state index in [-0.39, 0.29) is 22.4 Å². The Morgan fingerprint density at radius 1 is 1.00 bits per heavy atom. The van der Waals surface area contributed by atoms with E-state index >= 15 is 0 Å². The molecule has 1 radical (unpaired) electrons. The van der Waals surface area contributed by atoms with E-state index in [1.807, 2.05) is 0 Å². The van der Waals surface area contributed by atoms with Crippen LogP contribution in [0.25, 0.3) is 0 Å². The second-order valence-corrected chi connectivity index (χ2v) is 0.971. The van der Waals surface area contributed by atoms with Gasteiger partial charge in [0, 0.05) is 0 Å². The van der Waals surface area contributed by atoms with Crippen LogP contribution in [0.4, 0.5) is 0 Å². The molecule has 0 spiro atoms. The van der Waals surface area contributed by atoms with Crippen molar-refractivity contribution in [2.75, 3.05) is 0 Å². The molecule has 0 unspecified atom stereocenters. The Kier molecular flexibility index (Phi) is 6.94. The van der Waals surface area contributed by atoms with Crippen LogP contribution in [0, 0.1) is 0 Å². The van der Waals surface area contributed by atoms with Gasteiger partial charge in [0.05, 0.1) is 11.9 Å². The molecule has 0 amide bonds. The first kappa shape index (κ1) is 11.2. The fraction of sp³-hybridized carbons (Fsp3) is 0. The van der Waals surface area contributed by atoms with E-state index in [0.29, 0.717) is 12.2 Å². The monoisotopic (exact) mass is 221 g/mol. The summed E-state index contributed by atoms with van der Waals surface area (Å²) < 4.78 is 0. The van der Waals surface area contributed by atoms with Crippen molar-refractivity contribution in [3.63, 3.8) is 0 Å². The Labute approximate surface area is 66.7 Å². The number of hydrogen-bond acceptors (Lipinski definition) is 4. The summed E-state index contributed by atoms with van der Waals surface area (Å²) in [6.45, 7) is 0. The van der Waals surface area contributed by atoms with Gasteiger partial charge >= 0.3 is 22.4 Å². The standard InChI is InChI=1S/C4H4O4.Ag/c5-3(6)1-2-4(7)8;/h1-2H,(H,5,6)(H,7,8);/q;+2/p-2. The quantitative estimate of drug-likeness (QED) is 0.369. The number of carbonyl (C=O) groups excluding carboxylic acids is 2. The van der Waals surface area contributed by atoms with Crippen LogP contribution in [0.1, 0.15) is 0 Å². The van der Waals surface area contributed by atoms with Gasteiger partial charge in [-0.25, -0.2) is 0 Å². The number of rotatable bonds is 2. The van der Waals surface area contributed by atoms with Gasteiger partial charge < -0.3 is 19.8 Å². The second-order valence-electron chi connectivity index (χ2n) is 0.971. The van der Waals surface area contributed by atoms with Crippen molar-refractivity contribution < 1.29 is 42.2 Å². The van der Waals surface area contributed by atoms with Crippen molar-refractivity contribution >= 4 is 11.9 Å². The Bertz CT molecular complexity index is 124. The van der Waals surface area contributed by atoms with E-state index in [0.717, 1.165) is 0 Å². The molecule has 9 heavy (non-hydrogen) atoms. The summed E-state index contributed by atoms with van der Waals surface area (Å²) in [6, 6.07) is 0. The molecule has 0 aliphatic carbocycles. The predicted molar refractivity (Wildman–Crippen MR) is 19.2 cm³/mol. The SMILES string of the molecule is O=C([O-])C=CC(=O)[O-].[Ag+2]. The topological polar surface area (TPSA) is 80.3 Å². The van der Waals surface area contributed by atoms with Crippen molar-refractivity contribution in [2.24, 2.45) is 0 Å². The van der Waals surface area contributed by atoms with Gasteiger partial charge in [0.15, 0.2) is 0 Å². The molecule has 0 aliphatic heterocycles. The summed E-state index contributed by atoms with van der Waals surface area (Å²) in [4.78, 5) is 18.8. The summed E-state index contributed by atoms with van der Waals surface area (Å²) >= 11 is 0. The summed E-state index contributed by atoms with van der Waals surface area (Å²) in [5.74, 6) is -3.09. The maximum absolute atomic E-state index is 9.41. The minimum absolute atomic E-state index is 0. The fourth-order valence-electron chi connectivity index (χ4n) is 0.136. The van der Waals surface area contributed by atoms with Gasteiger partial charge in [0.2, 0.25) is 0 Å². The largest absolute Gasteiger partial charge is 2.00 e. The summed E-state index contributed by atoms with van der Waals surface area (Å²) in [7, 11) is 0. The normalized spacial score (nSPS) is 8.44. The number of carbonyl (C=O) groups is 2. The number of carboxylic acids is 2. The molecular weight excluding hydrogens is 220 g/mol. The van der Waals surface area contributed by atoms with Gasteiger partial charge in [-0.3, -0.25) is 0 Å². The summed E-state index contributed by atoms with van der Waals surface area (Å²) in [5, 5.41) is 18.8. The van der Waals surface area contributed by atoms with Gasteiger partial charge in [-0.2, -0.15) is 0 Å². The Hall–Kier alpha value is -0.580. The molecule has 4 nitrogen and oxygen atoms in total.